The fraction of sp³-hybridized carbons (Fsp3) is 0.471. The van der Waals surface area contributed by atoms with Gasteiger partial charge in [-0.25, -0.2) is 4.98 Å². The van der Waals surface area contributed by atoms with Crippen LogP contribution in [0, 0.1) is 6.92 Å². The van der Waals surface area contributed by atoms with E-state index < -0.39 is 0 Å². The standard InChI is InChI=1S/C17H22N2OS/c1-12-5-4-6-15(7-12)17-18-16(11-21-17)10-19-8-13(2)20-14(3)9-19/h4-7,11,13-14H,8-10H2,1-3H3/t13-,14+. The van der Waals surface area contributed by atoms with Crippen molar-refractivity contribution >= 4 is 11.3 Å². The van der Waals surface area contributed by atoms with E-state index in [4.69, 9.17) is 9.72 Å². The summed E-state index contributed by atoms with van der Waals surface area (Å²) >= 11 is 1.73. The molecule has 2 heterocycles. The maximum atomic E-state index is 5.78. The molecule has 2 atom stereocenters. The van der Waals surface area contributed by atoms with Gasteiger partial charge in [-0.2, -0.15) is 0 Å². The van der Waals surface area contributed by atoms with Crippen molar-refractivity contribution in [3.05, 3.63) is 40.9 Å². The van der Waals surface area contributed by atoms with Gasteiger partial charge in [-0.1, -0.05) is 23.8 Å². The Morgan fingerprint density at radius 3 is 2.76 bits per heavy atom. The molecule has 21 heavy (non-hydrogen) atoms. The second-order valence-corrected chi connectivity index (χ2v) is 6.82. The molecule has 1 aromatic carbocycles. The van der Waals surface area contributed by atoms with E-state index in [0.717, 1.165) is 30.3 Å². The van der Waals surface area contributed by atoms with Gasteiger partial charge in [0.1, 0.15) is 5.01 Å². The van der Waals surface area contributed by atoms with Crippen molar-refractivity contribution in [1.82, 2.24) is 9.88 Å². The van der Waals surface area contributed by atoms with Crippen LogP contribution in [0.5, 0.6) is 0 Å². The Hall–Kier alpha value is -1.23. The molecule has 0 spiro atoms. The Morgan fingerprint density at radius 2 is 2.05 bits per heavy atom. The van der Waals surface area contributed by atoms with Crippen LogP contribution in [0.4, 0.5) is 0 Å². The lowest BCUT2D eigenvalue weighted by molar-refractivity contribution is -0.0707. The first-order valence-corrected chi connectivity index (χ1v) is 8.37. The molecule has 4 heteroatoms. The van der Waals surface area contributed by atoms with Gasteiger partial charge in [-0.15, -0.1) is 11.3 Å². The number of aryl methyl sites for hydroxylation is 1. The van der Waals surface area contributed by atoms with Crippen molar-refractivity contribution in [2.24, 2.45) is 0 Å². The smallest absolute Gasteiger partial charge is 0.123 e. The molecule has 1 aliphatic rings. The maximum absolute atomic E-state index is 5.78. The molecule has 0 N–H and O–H groups in total. The van der Waals surface area contributed by atoms with Crippen LogP contribution in [0.1, 0.15) is 25.1 Å². The summed E-state index contributed by atoms with van der Waals surface area (Å²) in [6.07, 6.45) is 0.618. The van der Waals surface area contributed by atoms with E-state index in [0.29, 0.717) is 12.2 Å². The molecule has 1 aliphatic heterocycles. The van der Waals surface area contributed by atoms with E-state index in [9.17, 15) is 0 Å². The van der Waals surface area contributed by atoms with Crippen LogP contribution in [0.15, 0.2) is 29.6 Å². The van der Waals surface area contributed by atoms with Gasteiger partial charge in [0, 0.05) is 30.6 Å². The van der Waals surface area contributed by atoms with Gasteiger partial charge in [-0.05, 0) is 26.8 Å². The number of thiazole rings is 1. The van der Waals surface area contributed by atoms with Crippen LogP contribution in [0.2, 0.25) is 0 Å². The van der Waals surface area contributed by atoms with Crippen molar-refractivity contribution in [3.8, 4) is 10.6 Å². The fourth-order valence-electron chi connectivity index (χ4n) is 2.93. The van der Waals surface area contributed by atoms with E-state index in [1.165, 1.54) is 11.1 Å². The lowest BCUT2D eigenvalue weighted by atomic mass is 10.1. The monoisotopic (exact) mass is 302 g/mol. The molecule has 2 aromatic rings. The summed E-state index contributed by atoms with van der Waals surface area (Å²) in [6, 6.07) is 8.54. The summed E-state index contributed by atoms with van der Waals surface area (Å²) in [5, 5.41) is 3.30. The highest BCUT2D eigenvalue weighted by Gasteiger charge is 2.22. The Labute approximate surface area is 130 Å². The number of aromatic nitrogens is 1. The predicted octanol–water partition coefficient (Wildman–Crippen LogP) is 3.73. The highest BCUT2D eigenvalue weighted by atomic mass is 32.1. The molecule has 0 radical (unpaired) electrons. The highest BCUT2D eigenvalue weighted by Crippen LogP contribution is 2.25. The maximum Gasteiger partial charge on any atom is 0.123 e. The summed E-state index contributed by atoms with van der Waals surface area (Å²) in [7, 11) is 0. The van der Waals surface area contributed by atoms with Gasteiger partial charge in [0.05, 0.1) is 17.9 Å². The van der Waals surface area contributed by atoms with E-state index in [2.05, 4.69) is 55.3 Å². The Bertz CT molecular complexity index is 600. The topological polar surface area (TPSA) is 25.4 Å². The Kier molecular flexibility index (Phi) is 4.38. The van der Waals surface area contributed by atoms with Crippen molar-refractivity contribution in [2.45, 2.75) is 39.5 Å². The first kappa shape index (κ1) is 14.7. The summed E-state index contributed by atoms with van der Waals surface area (Å²) in [5.74, 6) is 0. The molecule has 0 unspecified atom stereocenters. The number of hydrogen-bond donors (Lipinski definition) is 0. The molecule has 3 nitrogen and oxygen atoms in total. The average Bonchev–Trinajstić information content (AvgIpc) is 2.86. The van der Waals surface area contributed by atoms with Crippen molar-refractivity contribution in [1.29, 1.82) is 0 Å². The molecule has 0 amide bonds. The van der Waals surface area contributed by atoms with Crippen LogP contribution in [-0.4, -0.2) is 35.2 Å². The minimum Gasteiger partial charge on any atom is -0.373 e. The molecule has 3 rings (SSSR count). The van der Waals surface area contributed by atoms with Crippen molar-refractivity contribution < 1.29 is 4.74 Å². The summed E-state index contributed by atoms with van der Waals surface area (Å²) in [5.41, 5.74) is 3.66. The normalized spacial score (nSPS) is 23.4. The van der Waals surface area contributed by atoms with Crippen LogP contribution in [0.25, 0.3) is 10.6 Å². The summed E-state index contributed by atoms with van der Waals surface area (Å²) in [4.78, 5) is 7.24. The third kappa shape index (κ3) is 3.70. The Morgan fingerprint density at radius 1 is 1.29 bits per heavy atom. The van der Waals surface area contributed by atoms with Crippen LogP contribution in [-0.2, 0) is 11.3 Å². The molecular weight excluding hydrogens is 280 g/mol. The minimum absolute atomic E-state index is 0.309. The number of morpholine rings is 1. The minimum atomic E-state index is 0.309. The van der Waals surface area contributed by atoms with Crippen LogP contribution < -0.4 is 0 Å². The molecule has 0 bridgehead atoms. The lowest BCUT2D eigenvalue weighted by Crippen LogP contribution is -2.44. The largest absolute Gasteiger partial charge is 0.373 e. The van der Waals surface area contributed by atoms with Gasteiger partial charge in [0.15, 0.2) is 0 Å². The quantitative estimate of drug-likeness (QED) is 0.864. The zero-order valence-corrected chi connectivity index (χ0v) is 13.7. The van der Waals surface area contributed by atoms with Crippen molar-refractivity contribution in [3.63, 3.8) is 0 Å². The predicted molar refractivity (Wildman–Crippen MR) is 87.6 cm³/mol. The SMILES string of the molecule is Cc1cccc(-c2nc(CN3C[C@@H](C)O[C@@H](C)C3)cs2)c1. The molecule has 1 aromatic heterocycles. The molecule has 0 saturated carbocycles. The van der Waals surface area contributed by atoms with Gasteiger partial charge >= 0.3 is 0 Å². The fourth-order valence-corrected chi connectivity index (χ4v) is 3.74. The van der Waals surface area contributed by atoms with Gasteiger partial charge in [0.25, 0.3) is 0 Å². The van der Waals surface area contributed by atoms with E-state index in [-0.39, 0.29) is 0 Å². The van der Waals surface area contributed by atoms with Gasteiger partial charge in [-0.3, -0.25) is 4.90 Å². The second-order valence-electron chi connectivity index (χ2n) is 5.96. The molecule has 112 valence electrons. The molecule has 1 fully saturated rings. The number of hydrogen-bond acceptors (Lipinski definition) is 4. The third-order valence-electron chi connectivity index (χ3n) is 3.70. The van der Waals surface area contributed by atoms with E-state index in [1.54, 1.807) is 11.3 Å². The second kappa shape index (κ2) is 6.26. The van der Waals surface area contributed by atoms with Gasteiger partial charge < -0.3 is 4.74 Å². The lowest BCUT2D eigenvalue weighted by Gasteiger charge is -2.34. The Balaban J connectivity index is 1.70. The molecular formula is C17H22N2OS. The van der Waals surface area contributed by atoms with Gasteiger partial charge in [0.2, 0.25) is 0 Å². The van der Waals surface area contributed by atoms with Crippen LogP contribution >= 0.6 is 11.3 Å². The van der Waals surface area contributed by atoms with E-state index in [1.807, 2.05) is 0 Å². The first-order chi connectivity index (χ1) is 10.1. The first-order valence-electron chi connectivity index (χ1n) is 7.49. The summed E-state index contributed by atoms with van der Waals surface area (Å²) in [6.45, 7) is 9.29. The third-order valence-corrected chi connectivity index (χ3v) is 4.64. The molecule has 0 aliphatic carbocycles. The van der Waals surface area contributed by atoms with Crippen LogP contribution in [0.3, 0.4) is 0 Å². The number of rotatable bonds is 3. The number of ether oxygens (including phenoxy) is 1. The number of benzene rings is 1. The average molecular weight is 302 g/mol. The van der Waals surface area contributed by atoms with E-state index >= 15 is 0 Å². The zero-order chi connectivity index (χ0) is 14.8. The summed E-state index contributed by atoms with van der Waals surface area (Å²) < 4.78 is 5.78. The number of nitrogens with zero attached hydrogens (tertiary/aromatic N) is 2. The van der Waals surface area contributed by atoms with Crippen molar-refractivity contribution in [2.75, 3.05) is 13.1 Å². The molecule has 1 saturated heterocycles. The highest BCUT2D eigenvalue weighted by molar-refractivity contribution is 7.13. The zero-order valence-electron chi connectivity index (χ0n) is 12.9.